The second-order valence-corrected chi connectivity index (χ2v) is 9.84. The summed E-state index contributed by atoms with van der Waals surface area (Å²) >= 11 is 1.35. The van der Waals surface area contributed by atoms with Crippen LogP contribution in [0.2, 0.25) is 0 Å². The van der Waals surface area contributed by atoms with Crippen LogP contribution < -0.4 is 9.80 Å². The molecule has 0 spiro atoms. The van der Waals surface area contributed by atoms with E-state index in [4.69, 9.17) is 4.98 Å². The maximum atomic E-state index is 13.0. The molecule has 1 amide bonds. The minimum atomic E-state index is -4.37. The molecule has 1 aliphatic rings. The third-order valence-corrected chi connectivity index (χ3v) is 7.06. The predicted molar refractivity (Wildman–Crippen MR) is 136 cm³/mol. The third-order valence-electron chi connectivity index (χ3n) is 6.27. The number of piperazine rings is 1. The fourth-order valence-corrected chi connectivity index (χ4v) is 5.10. The van der Waals surface area contributed by atoms with E-state index in [-0.39, 0.29) is 11.9 Å². The number of hydrogen-bond donors (Lipinski definition) is 0. The largest absolute Gasteiger partial charge is 0.416 e. The predicted octanol–water partition coefficient (Wildman–Crippen LogP) is 5.10. The smallest absolute Gasteiger partial charge is 0.368 e. The summed E-state index contributed by atoms with van der Waals surface area (Å²) in [5, 5.41) is 0.804. The average Bonchev–Trinajstić information content (AvgIpc) is 3.32. The zero-order valence-electron chi connectivity index (χ0n) is 20.4. The number of benzene rings is 2. The summed E-state index contributed by atoms with van der Waals surface area (Å²) in [5.41, 5.74) is 1.03. The minimum absolute atomic E-state index is 0.0402. The first kappa shape index (κ1) is 25.9. The monoisotopic (exact) mass is 517 g/mol. The maximum absolute atomic E-state index is 13.0. The van der Waals surface area contributed by atoms with Crippen LogP contribution >= 0.6 is 11.5 Å². The van der Waals surface area contributed by atoms with Gasteiger partial charge in [-0.25, -0.2) is 4.98 Å². The van der Waals surface area contributed by atoms with Crippen molar-refractivity contribution in [1.82, 2.24) is 14.3 Å². The second kappa shape index (κ2) is 11.3. The van der Waals surface area contributed by atoms with Gasteiger partial charge >= 0.3 is 6.18 Å². The van der Waals surface area contributed by atoms with Gasteiger partial charge in [-0.3, -0.25) is 4.79 Å². The van der Waals surface area contributed by atoms with E-state index in [1.54, 1.807) is 11.0 Å². The fourth-order valence-electron chi connectivity index (χ4n) is 4.25. The Labute approximate surface area is 213 Å². The normalized spacial score (nSPS) is 14.4. The Morgan fingerprint density at radius 3 is 2.44 bits per heavy atom. The van der Waals surface area contributed by atoms with E-state index in [9.17, 15) is 18.0 Å². The Morgan fingerprint density at radius 1 is 1.06 bits per heavy atom. The van der Waals surface area contributed by atoms with E-state index in [1.807, 2.05) is 35.2 Å². The molecular formula is C26H30F3N5OS. The summed E-state index contributed by atoms with van der Waals surface area (Å²) < 4.78 is 43.7. The number of hydrogen-bond acceptors (Lipinski definition) is 6. The molecule has 0 bridgehead atoms. The van der Waals surface area contributed by atoms with E-state index in [2.05, 4.69) is 23.1 Å². The first-order valence-corrected chi connectivity index (χ1v) is 12.8. The topological polar surface area (TPSA) is 52.6 Å². The van der Waals surface area contributed by atoms with Crippen LogP contribution in [0.4, 0.5) is 24.0 Å². The van der Waals surface area contributed by atoms with Gasteiger partial charge in [0.2, 0.25) is 11.0 Å². The summed E-state index contributed by atoms with van der Waals surface area (Å²) in [4.78, 5) is 23.4. The molecule has 10 heteroatoms. The van der Waals surface area contributed by atoms with Crippen LogP contribution in [0.5, 0.6) is 0 Å². The number of carbonyl (C=O) groups is 1. The Balaban J connectivity index is 1.30. The van der Waals surface area contributed by atoms with Crippen molar-refractivity contribution in [2.75, 3.05) is 42.5 Å². The molecule has 2 heterocycles. The van der Waals surface area contributed by atoms with Gasteiger partial charge < -0.3 is 14.7 Å². The van der Waals surface area contributed by atoms with Crippen LogP contribution in [-0.4, -0.2) is 58.9 Å². The highest BCUT2D eigenvalue weighted by Crippen LogP contribution is 2.32. The number of aromatic nitrogens is 2. The highest BCUT2D eigenvalue weighted by molar-refractivity contribution is 7.09. The molecule has 0 radical (unpaired) electrons. The zero-order chi connectivity index (χ0) is 25.7. The molecular weight excluding hydrogens is 487 g/mol. The molecule has 6 nitrogen and oxygen atoms in total. The molecule has 0 aliphatic carbocycles. The van der Waals surface area contributed by atoms with Crippen molar-refractivity contribution in [2.24, 2.45) is 0 Å². The third kappa shape index (κ3) is 6.54. The fraction of sp³-hybridized carbons (Fsp3) is 0.423. The Morgan fingerprint density at radius 2 is 1.78 bits per heavy atom. The SMILES string of the molecule is CC(C)N(CCC(=O)N1CCN(c2cccc(C(F)(F)F)c2)CC1)c1nc(Cc2ccccc2)ns1. The molecule has 2 aromatic carbocycles. The molecule has 192 valence electrons. The highest BCUT2D eigenvalue weighted by atomic mass is 32.1. The highest BCUT2D eigenvalue weighted by Gasteiger charge is 2.31. The molecule has 0 atom stereocenters. The van der Waals surface area contributed by atoms with Gasteiger partial charge in [-0.2, -0.15) is 17.5 Å². The van der Waals surface area contributed by atoms with Crippen molar-refractivity contribution >= 4 is 28.3 Å². The van der Waals surface area contributed by atoms with E-state index >= 15 is 0 Å². The summed E-state index contributed by atoms with van der Waals surface area (Å²) in [5.74, 6) is 0.808. The number of alkyl halides is 3. The summed E-state index contributed by atoms with van der Waals surface area (Å²) in [7, 11) is 0. The number of rotatable bonds is 8. The Kier molecular flexibility index (Phi) is 8.13. The van der Waals surface area contributed by atoms with Gasteiger partial charge in [-0.1, -0.05) is 36.4 Å². The molecule has 1 saturated heterocycles. The number of anilines is 2. The number of halogens is 3. The zero-order valence-corrected chi connectivity index (χ0v) is 21.2. The number of nitrogens with zero attached hydrogens (tertiary/aromatic N) is 5. The van der Waals surface area contributed by atoms with Crippen molar-refractivity contribution in [1.29, 1.82) is 0 Å². The van der Waals surface area contributed by atoms with Crippen LogP contribution in [0.3, 0.4) is 0 Å². The lowest BCUT2D eigenvalue weighted by Crippen LogP contribution is -2.49. The molecule has 0 saturated carbocycles. The average molecular weight is 518 g/mol. The van der Waals surface area contributed by atoms with Crippen LogP contribution in [0.15, 0.2) is 54.6 Å². The maximum Gasteiger partial charge on any atom is 0.416 e. The summed E-state index contributed by atoms with van der Waals surface area (Å²) in [6.45, 7) is 6.63. The van der Waals surface area contributed by atoms with Crippen LogP contribution in [-0.2, 0) is 17.4 Å². The van der Waals surface area contributed by atoms with Gasteiger partial charge in [-0.05, 0) is 37.6 Å². The molecule has 4 rings (SSSR count). The molecule has 3 aromatic rings. The van der Waals surface area contributed by atoms with Gasteiger partial charge in [0.15, 0.2) is 0 Å². The van der Waals surface area contributed by atoms with E-state index < -0.39 is 11.7 Å². The Hall–Kier alpha value is -3.14. The Bertz CT molecular complexity index is 1140. The number of carbonyl (C=O) groups excluding carboxylic acids is 1. The minimum Gasteiger partial charge on any atom is -0.368 e. The molecule has 0 unspecified atom stereocenters. The van der Waals surface area contributed by atoms with E-state index in [0.717, 1.165) is 22.6 Å². The quantitative estimate of drug-likeness (QED) is 0.416. The van der Waals surface area contributed by atoms with Crippen LogP contribution in [0.1, 0.15) is 37.2 Å². The van der Waals surface area contributed by atoms with Crippen molar-refractivity contribution in [3.05, 3.63) is 71.5 Å². The van der Waals surface area contributed by atoms with Crippen molar-refractivity contribution in [3.8, 4) is 0 Å². The lowest BCUT2D eigenvalue weighted by atomic mass is 10.1. The second-order valence-electron chi connectivity index (χ2n) is 9.11. The number of amides is 1. The van der Waals surface area contributed by atoms with E-state index in [0.29, 0.717) is 51.3 Å². The van der Waals surface area contributed by atoms with Crippen molar-refractivity contribution in [3.63, 3.8) is 0 Å². The van der Waals surface area contributed by atoms with Gasteiger partial charge in [0.1, 0.15) is 5.82 Å². The molecule has 36 heavy (non-hydrogen) atoms. The van der Waals surface area contributed by atoms with Crippen molar-refractivity contribution < 1.29 is 18.0 Å². The van der Waals surface area contributed by atoms with Crippen LogP contribution in [0.25, 0.3) is 0 Å². The molecule has 1 aromatic heterocycles. The first-order valence-electron chi connectivity index (χ1n) is 12.0. The van der Waals surface area contributed by atoms with Gasteiger partial charge in [0.25, 0.3) is 0 Å². The lowest BCUT2D eigenvalue weighted by Gasteiger charge is -2.37. The molecule has 1 aliphatic heterocycles. The standard InChI is InChI=1S/C26H30F3N5OS/c1-19(2)34(25-30-23(31-36-25)17-20-7-4-3-5-8-20)12-11-24(35)33-15-13-32(14-16-33)22-10-6-9-21(18-22)26(27,28)29/h3-10,18-19H,11-17H2,1-2H3. The van der Waals surface area contributed by atoms with Gasteiger partial charge in [0, 0.05) is 68.8 Å². The summed E-state index contributed by atoms with van der Waals surface area (Å²) in [6.07, 6.45) is -3.36. The summed E-state index contributed by atoms with van der Waals surface area (Å²) in [6, 6.07) is 15.6. The van der Waals surface area contributed by atoms with Gasteiger partial charge in [0.05, 0.1) is 5.56 Å². The van der Waals surface area contributed by atoms with Crippen LogP contribution in [0, 0.1) is 0 Å². The van der Waals surface area contributed by atoms with Gasteiger partial charge in [-0.15, -0.1) is 0 Å². The first-order chi connectivity index (χ1) is 17.2. The van der Waals surface area contributed by atoms with Crippen molar-refractivity contribution in [2.45, 2.75) is 38.9 Å². The molecule has 1 fully saturated rings. The van der Waals surface area contributed by atoms with E-state index in [1.165, 1.54) is 23.7 Å². The molecule has 0 N–H and O–H groups in total. The lowest BCUT2D eigenvalue weighted by molar-refractivity contribution is -0.137.